The Morgan fingerprint density at radius 1 is 0.243 bits per heavy atom. The van der Waals surface area contributed by atoms with Crippen LogP contribution in [0.3, 0.4) is 0 Å². The average molecular weight is 473 g/mol. The van der Waals surface area contributed by atoms with Gasteiger partial charge >= 0.3 is 0 Å². The van der Waals surface area contributed by atoms with Crippen LogP contribution in [0.4, 0.5) is 0 Å². The highest BCUT2D eigenvalue weighted by atomic mass is 14.3. The minimum absolute atomic E-state index is 0.0456. The molecule has 0 heteroatoms. The Kier molecular flexibility index (Phi) is 6.47. The Morgan fingerprint density at radius 2 is 0.486 bits per heavy atom. The average Bonchev–Trinajstić information content (AvgIpc) is 2.99. The van der Waals surface area contributed by atoms with Gasteiger partial charge in [0.2, 0.25) is 0 Å². The van der Waals surface area contributed by atoms with Crippen molar-refractivity contribution in [2.75, 3.05) is 0 Å². The van der Waals surface area contributed by atoms with Crippen molar-refractivity contribution in [2.45, 2.75) is 5.92 Å². The number of benzene rings is 6. The summed E-state index contributed by atoms with van der Waals surface area (Å²) in [7, 11) is 0. The second kappa shape index (κ2) is 10.5. The number of hydrogen-bond donors (Lipinski definition) is 0. The van der Waals surface area contributed by atoms with Crippen molar-refractivity contribution >= 4 is 0 Å². The molecule has 0 saturated carbocycles. The number of rotatable bonds is 6. The number of hydrogen-bond acceptors (Lipinski definition) is 0. The molecular weight excluding hydrogens is 444 g/mol. The van der Waals surface area contributed by atoms with Gasteiger partial charge in [-0.2, -0.15) is 0 Å². The quantitative estimate of drug-likeness (QED) is 0.212. The largest absolute Gasteiger partial charge is 0.0622 e. The van der Waals surface area contributed by atoms with Crippen molar-refractivity contribution in [2.24, 2.45) is 0 Å². The predicted molar refractivity (Wildman–Crippen MR) is 157 cm³/mol. The normalized spacial score (nSPS) is 10.9. The van der Waals surface area contributed by atoms with E-state index >= 15 is 0 Å². The highest BCUT2D eigenvalue weighted by Crippen LogP contribution is 2.44. The molecule has 0 nitrogen and oxygen atoms in total. The van der Waals surface area contributed by atoms with Gasteiger partial charge in [-0.25, -0.2) is 0 Å². The standard InChI is InChI=1S/C37H28/c1-4-16-28(17-5-1)31-22-10-13-25-34(31)37(35-26-14-11-23-32(35)29-18-6-2-7-19-29)36-27-15-12-24-33(36)30-20-8-3-9-21-30/h1-27,37H. The summed E-state index contributed by atoms with van der Waals surface area (Å²) in [6.07, 6.45) is 0. The summed E-state index contributed by atoms with van der Waals surface area (Å²) in [5.74, 6) is 0.0456. The molecule has 0 aliphatic heterocycles. The van der Waals surface area contributed by atoms with E-state index in [2.05, 4.69) is 164 Å². The van der Waals surface area contributed by atoms with E-state index in [0.717, 1.165) is 0 Å². The summed E-state index contributed by atoms with van der Waals surface area (Å²) in [5, 5.41) is 0. The van der Waals surface area contributed by atoms with Gasteiger partial charge in [-0.3, -0.25) is 0 Å². The van der Waals surface area contributed by atoms with Crippen LogP contribution < -0.4 is 0 Å². The fourth-order valence-electron chi connectivity index (χ4n) is 5.39. The highest BCUT2D eigenvalue weighted by Gasteiger charge is 2.25. The van der Waals surface area contributed by atoms with Crippen molar-refractivity contribution in [3.63, 3.8) is 0 Å². The third-order valence-electron chi connectivity index (χ3n) is 7.07. The minimum atomic E-state index is 0.0456. The molecule has 0 spiro atoms. The third kappa shape index (κ3) is 4.62. The molecular formula is C37H28. The first kappa shape index (κ1) is 22.8. The van der Waals surface area contributed by atoms with E-state index in [-0.39, 0.29) is 5.92 Å². The predicted octanol–water partition coefficient (Wildman–Crippen LogP) is 9.87. The fraction of sp³-hybridized carbons (Fsp3) is 0.0270. The Labute approximate surface area is 219 Å². The molecule has 0 atom stereocenters. The van der Waals surface area contributed by atoms with E-state index in [4.69, 9.17) is 0 Å². The van der Waals surface area contributed by atoms with E-state index in [1.165, 1.54) is 50.1 Å². The summed E-state index contributed by atoms with van der Waals surface area (Å²) in [6, 6.07) is 58.9. The topological polar surface area (TPSA) is 0 Å². The van der Waals surface area contributed by atoms with Crippen molar-refractivity contribution in [1.29, 1.82) is 0 Å². The SMILES string of the molecule is c1ccc(-c2ccccc2C(c2ccccc2-c2ccccc2)c2ccccc2-c2ccccc2)cc1. The molecule has 0 amide bonds. The molecule has 0 saturated heterocycles. The van der Waals surface area contributed by atoms with E-state index in [1.807, 2.05) is 0 Å². The molecule has 0 unspecified atom stereocenters. The zero-order chi connectivity index (χ0) is 24.9. The minimum Gasteiger partial charge on any atom is -0.0622 e. The maximum atomic E-state index is 2.30. The second-order valence-corrected chi connectivity index (χ2v) is 9.29. The van der Waals surface area contributed by atoms with Crippen LogP contribution in [0, 0.1) is 0 Å². The first-order valence-electron chi connectivity index (χ1n) is 12.8. The molecule has 6 rings (SSSR count). The van der Waals surface area contributed by atoms with Gasteiger partial charge in [-0.15, -0.1) is 0 Å². The van der Waals surface area contributed by atoms with Crippen LogP contribution in [0.5, 0.6) is 0 Å². The molecule has 37 heavy (non-hydrogen) atoms. The lowest BCUT2D eigenvalue weighted by Crippen LogP contribution is -2.08. The summed E-state index contributed by atoms with van der Waals surface area (Å²) in [6.45, 7) is 0. The monoisotopic (exact) mass is 472 g/mol. The van der Waals surface area contributed by atoms with Gasteiger partial charge in [0.25, 0.3) is 0 Å². The van der Waals surface area contributed by atoms with Gasteiger partial charge in [-0.05, 0) is 50.1 Å². The van der Waals surface area contributed by atoms with Crippen LogP contribution in [0.2, 0.25) is 0 Å². The zero-order valence-electron chi connectivity index (χ0n) is 20.7. The van der Waals surface area contributed by atoms with Gasteiger partial charge in [-0.1, -0.05) is 164 Å². The molecule has 176 valence electrons. The van der Waals surface area contributed by atoms with Crippen LogP contribution in [-0.2, 0) is 0 Å². The van der Waals surface area contributed by atoms with Gasteiger partial charge in [0.15, 0.2) is 0 Å². The van der Waals surface area contributed by atoms with Crippen LogP contribution in [-0.4, -0.2) is 0 Å². The Morgan fingerprint density at radius 3 is 0.784 bits per heavy atom. The lowest BCUT2D eigenvalue weighted by atomic mass is 9.76. The summed E-state index contributed by atoms with van der Waals surface area (Å²) in [5.41, 5.74) is 11.4. The Bertz CT molecular complexity index is 1400. The summed E-state index contributed by atoms with van der Waals surface area (Å²) < 4.78 is 0. The molecule has 6 aromatic carbocycles. The van der Waals surface area contributed by atoms with Crippen LogP contribution in [0.25, 0.3) is 33.4 Å². The van der Waals surface area contributed by atoms with Crippen LogP contribution in [0.1, 0.15) is 22.6 Å². The maximum Gasteiger partial charge on any atom is 0.0358 e. The van der Waals surface area contributed by atoms with Gasteiger partial charge in [0.05, 0.1) is 0 Å². The van der Waals surface area contributed by atoms with Gasteiger partial charge in [0.1, 0.15) is 0 Å². The lowest BCUT2D eigenvalue weighted by molar-refractivity contribution is 0.984. The summed E-state index contributed by atoms with van der Waals surface area (Å²) in [4.78, 5) is 0. The van der Waals surface area contributed by atoms with E-state index in [9.17, 15) is 0 Å². The molecule has 0 bridgehead atoms. The first-order valence-corrected chi connectivity index (χ1v) is 12.8. The lowest BCUT2D eigenvalue weighted by Gasteiger charge is -2.27. The molecule has 0 aliphatic rings. The Hall–Kier alpha value is -4.68. The zero-order valence-corrected chi connectivity index (χ0v) is 20.7. The highest BCUT2D eigenvalue weighted by molar-refractivity contribution is 5.78. The van der Waals surface area contributed by atoms with Gasteiger partial charge < -0.3 is 0 Å². The molecule has 0 radical (unpaired) electrons. The second-order valence-electron chi connectivity index (χ2n) is 9.29. The van der Waals surface area contributed by atoms with Crippen molar-refractivity contribution < 1.29 is 0 Å². The molecule has 0 aromatic heterocycles. The van der Waals surface area contributed by atoms with E-state index in [0.29, 0.717) is 0 Å². The van der Waals surface area contributed by atoms with Crippen LogP contribution >= 0.6 is 0 Å². The van der Waals surface area contributed by atoms with Crippen molar-refractivity contribution in [3.05, 3.63) is 180 Å². The van der Waals surface area contributed by atoms with Crippen molar-refractivity contribution in [3.8, 4) is 33.4 Å². The third-order valence-corrected chi connectivity index (χ3v) is 7.07. The van der Waals surface area contributed by atoms with Crippen LogP contribution in [0.15, 0.2) is 164 Å². The van der Waals surface area contributed by atoms with Gasteiger partial charge in [0, 0.05) is 5.92 Å². The van der Waals surface area contributed by atoms with E-state index in [1.54, 1.807) is 0 Å². The Balaban J connectivity index is 1.66. The molecule has 0 fully saturated rings. The van der Waals surface area contributed by atoms with E-state index < -0.39 is 0 Å². The smallest absolute Gasteiger partial charge is 0.0358 e. The first-order chi connectivity index (χ1) is 18.4. The van der Waals surface area contributed by atoms with Crippen molar-refractivity contribution in [1.82, 2.24) is 0 Å². The molecule has 0 heterocycles. The maximum absolute atomic E-state index is 2.30. The summed E-state index contributed by atoms with van der Waals surface area (Å²) >= 11 is 0. The fourth-order valence-corrected chi connectivity index (χ4v) is 5.39. The molecule has 0 aliphatic carbocycles. The molecule has 6 aromatic rings. The molecule has 0 N–H and O–H groups in total.